The lowest BCUT2D eigenvalue weighted by Gasteiger charge is -2.33. The molecule has 4 atom stereocenters. The Bertz CT molecular complexity index is 1040. The molecule has 33 heavy (non-hydrogen) atoms. The SMILES string of the molecule is CC(=O)OC(=O)C1/C(=C/CC=C=COC/C=C2\OC3CC(=O)N3C2C(=O)O)OC2CC(=O)N21. The number of amides is 2. The molecule has 12 heteroatoms. The van der Waals surface area contributed by atoms with E-state index in [0.29, 0.717) is 0 Å². The molecular weight excluding hydrogens is 440 g/mol. The fraction of sp³-hybridized carbons (Fsp3) is 0.429. The summed E-state index contributed by atoms with van der Waals surface area (Å²) in [6.45, 7) is 1.11. The Morgan fingerprint density at radius 3 is 2.24 bits per heavy atom. The molecule has 4 aliphatic rings. The molecule has 0 aliphatic carbocycles. The van der Waals surface area contributed by atoms with Gasteiger partial charge >= 0.3 is 17.9 Å². The van der Waals surface area contributed by atoms with E-state index < -0.39 is 42.4 Å². The van der Waals surface area contributed by atoms with Crippen LogP contribution >= 0.6 is 0 Å². The average Bonchev–Trinajstić information content (AvgIpc) is 3.20. The first-order valence-corrected chi connectivity index (χ1v) is 10.1. The minimum atomic E-state index is -1.17. The number of nitrogens with zero attached hydrogens (tertiary/aromatic N) is 2. The van der Waals surface area contributed by atoms with E-state index in [4.69, 9.17) is 14.2 Å². The molecule has 0 bridgehead atoms. The highest BCUT2D eigenvalue weighted by atomic mass is 16.6. The number of rotatable bonds is 7. The second-order valence-electron chi connectivity index (χ2n) is 7.48. The van der Waals surface area contributed by atoms with Crippen molar-refractivity contribution >= 4 is 29.7 Å². The predicted molar refractivity (Wildman–Crippen MR) is 104 cm³/mol. The molecule has 4 heterocycles. The van der Waals surface area contributed by atoms with Gasteiger partial charge in [-0.15, -0.1) is 0 Å². The molecule has 0 radical (unpaired) electrons. The van der Waals surface area contributed by atoms with Crippen LogP contribution in [0.5, 0.6) is 0 Å². The number of carbonyl (C=O) groups excluding carboxylic acids is 4. The number of hydrogen-bond donors (Lipinski definition) is 1. The highest BCUT2D eigenvalue weighted by Crippen LogP contribution is 2.37. The van der Waals surface area contributed by atoms with Crippen LogP contribution in [-0.4, -0.2) is 75.8 Å². The van der Waals surface area contributed by atoms with E-state index in [1.807, 2.05) is 0 Å². The Labute approximate surface area is 187 Å². The molecule has 4 aliphatic heterocycles. The van der Waals surface area contributed by atoms with Gasteiger partial charge in [-0.2, -0.15) is 0 Å². The molecule has 0 saturated carbocycles. The van der Waals surface area contributed by atoms with E-state index in [1.54, 1.807) is 12.2 Å². The normalized spacial score (nSPS) is 29.1. The molecule has 4 saturated heterocycles. The number of β-lactam (4-membered cyclic amide) rings is 2. The molecule has 1 N–H and O–H groups in total. The third-order valence-corrected chi connectivity index (χ3v) is 5.32. The third kappa shape index (κ3) is 4.20. The number of carbonyl (C=O) groups is 5. The van der Waals surface area contributed by atoms with Crippen LogP contribution in [0, 0.1) is 0 Å². The molecule has 0 spiro atoms. The first kappa shape index (κ1) is 22.2. The Morgan fingerprint density at radius 1 is 1.06 bits per heavy atom. The van der Waals surface area contributed by atoms with E-state index in [0.717, 1.165) is 6.92 Å². The number of hydrogen-bond acceptors (Lipinski definition) is 9. The lowest BCUT2D eigenvalue weighted by Crippen LogP contribution is -2.55. The average molecular weight is 460 g/mol. The summed E-state index contributed by atoms with van der Waals surface area (Å²) < 4.78 is 20.9. The number of carboxylic acids is 1. The van der Waals surface area contributed by atoms with Crippen molar-refractivity contribution in [2.45, 2.75) is 50.7 Å². The second kappa shape index (κ2) is 8.83. The fourth-order valence-electron chi connectivity index (χ4n) is 3.84. The van der Waals surface area contributed by atoms with Crippen LogP contribution in [-0.2, 0) is 42.9 Å². The Morgan fingerprint density at radius 2 is 1.67 bits per heavy atom. The molecule has 4 rings (SSSR count). The van der Waals surface area contributed by atoms with Gasteiger partial charge in [0.05, 0.1) is 12.8 Å². The van der Waals surface area contributed by atoms with Gasteiger partial charge in [-0.1, -0.05) is 5.73 Å². The number of fused-ring (bicyclic) bond motifs is 2. The fourth-order valence-corrected chi connectivity index (χ4v) is 3.84. The first-order valence-electron chi connectivity index (χ1n) is 10.1. The van der Waals surface area contributed by atoms with Crippen molar-refractivity contribution in [3.8, 4) is 0 Å². The van der Waals surface area contributed by atoms with Gasteiger partial charge in [0.1, 0.15) is 24.4 Å². The van der Waals surface area contributed by atoms with Crippen LogP contribution in [0.4, 0.5) is 0 Å². The Balaban J connectivity index is 1.29. The molecule has 2 amide bonds. The van der Waals surface area contributed by atoms with Gasteiger partial charge in [0.15, 0.2) is 24.5 Å². The van der Waals surface area contributed by atoms with E-state index in [2.05, 4.69) is 10.5 Å². The van der Waals surface area contributed by atoms with Gasteiger partial charge in [0.2, 0.25) is 11.8 Å². The van der Waals surface area contributed by atoms with Crippen molar-refractivity contribution in [1.82, 2.24) is 9.80 Å². The van der Waals surface area contributed by atoms with Gasteiger partial charge in [0.25, 0.3) is 0 Å². The van der Waals surface area contributed by atoms with Gasteiger partial charge in [-0.25, -0.2) is 9.59 Å². The molecule has 12 nitrogen and oxygen atoms in total. The van der Waals surface area contributed by atoms with Crippen LogP contribution in [0.15, 0.2) is 41.7 Å². The molecule has 4 unspecified atom stereocenters. The van der Waals surface area contributed by atoms with E-state index >= 15 is 0 Å². The quantitative estimate of drug-likeness (QED) is 0.136. The van der Waals surface area contributed by atoms with Crippen LogP contribution in [0.3, 0.4) is 0 Å². The van der Waals surface area contributed by atoms with Crippen molar-refractivity contribution in [2.24, 2.45) is 0 Å². The van der Waals surface area contributed by atoms with Crippen molar-refractivity contribution in [1.29, 1.82) is 0 Å². The predicted octanol–water partition coefficient (Wildman–Crippen LogP) is -0.0816. The summed E-state index contributed by atoms with van der Waals surface area (Å²) in [6, 6.07) is -2.23. The van der Waals surface area contributed by atoms with E-state index in [-0.39, 0.29) is 49.2 Å². The summed E-state index contributed by atoms with van der Waals surface area (Å²) in [4.78, 5) is 60.3. The molecule has 4 fully saturated rings. The monoisotopic (exact) mass is 460 g/mol. The van der Waals surface area contributed by atoms with Gasteiger partial charge in [-0.3, -0.25) is 24.2 Å². The minimum absolute atomic E-state index is 0.0105. The van der Waals surface area contributed by atoms with Crippen molar-refractivity contribution in [3.63, 3.8) is 0 Å². The van der Waals surface area contributed by atoms with Gasteiger partial charge in [-0.05, 0) is 24.6 Å². The molecule has 174 valence electrons. The Hall–Kier alpha value is -4.05. The van der Waals surface area contributed by atoms with E-state index in [1.165, 1.54) is 22.1 Å². The maximum atomic E-state index is 12.2. The minimum Gasteiger partial charge on any atom is -0.489 e. The maximum absolute atomic E-state index is 12.2. The van der Waals surface area contributed by atoms with Crippen LogP contribution < -0.4 is 0 Å². The van der Waals surface area contributed by atoms with Crippen molar-refractivity contribution < 1.29 is 48.0 Å². The zero-order chi connectivity index (χ0) is 23.7. The number of ether oxygens (including phenoxy) is 4. The number of carboxylic acid groups (broad SMARTS) is 1. The zero-order valence-electron chi connectivity index (χ0n) is 17.5. The molecular formula is C21H20N2O10. The van der Waals surface area contributed by atoms with Crippen LogP contribution in [0.25, 0.3) is 0 Å². The summed E-state index contributed by atoms with van der Waals surface area (Å²) in [5.74, 6) is -2.99. The summed E-state index contributed by atoms with van der Waals surface area (Å²) >= 11 is 0. The molecule has 0 aromatic carbocycles. The van der Waals surface area contributed by atoms with Crippen LogP contribution in [0.2, 0.25) is 0 Å². The summed E-state index contributed by atoms with van der Waals surface area (Å²) in [5, 5.41) is 9.30. The van der Waals surface area contributed by atoms with Gasteiger partial charge < -0.3 is 24.1 Å². The summed E-state index contributed by atoms with van der Waals surface area (Å²) in [6.07, 6.45) is 5.37. The largest absolute Gasteiger partial charge is 0.489 e. The molecule has 0 aromatic heterocycles. The van der Waals surface area contributed by atoms with Crippen LogP contribution in [0.1, 0.15) is 26.2 Å². The number of allylic oxidation sites excluding steroid dienone is 2. The van der Waals surface area contributed by atoms with E-state index in [9.17, 15) is 29.1 Å². The zero-order valence-corrected chi connectivity index (χ0v) is 17.5. The second-order valence-corrected chi connectivity index (χ2v) is 7.48. The highest BCUT2D eigenvalue weighted by molar-refractivity contribution is 5.95. The summed E-state index contributed by atoms with van der Waals surface area (Å²) in [5.41, 5.74) is 2.75. The number of aliphatic carboxylic acids is 1. The topological polar surface area (TPSA) is 149 Å². The summed E-state index contributed by atoms with van der Waals surface area (Å²) in [7, 11) is 0. The van der Waals surface area contributed by atoms with Crippen molar-refractivity contribution in [2.75, 3.05) is 6.61 Å². The molecule has 0 aromatic rings. The van der Waals surface area contributed by atoms with Crippen molar-refractivity contribution in [3.05, 3.63) is 41.7 Å². The smallest absolute Gasteiger partial charge is 0.344 e. The lowest BCUT2D eigenvalue weighted by molar-refractivity contribution is -0.169. The Kier molecular flexibility index (Phi) is 5.93. The first-order chi connectivity index (χ1) is 15.8. The third-order valence-electron chi connectivity index (χ3n) is 5.32. The number of esters is 2. The highest BCUT2D eigenvalue weighted by Gasteiger charge is 2.55. The standard InChI is InChI=1S/C21H20N2O10/c1-11(24)31-21(29)19-12(32-17-10-15(26)23(17)19)5-3-2-4-7-30-8-6-13-18(20(27)28)22-14(25)9-16(22)33-13/h2,5-7,16-19H,3,8-10H2,1H3,(H,27,28)/b12-5-,13-6-. The maximum Gasteiger partial charge on any atom is 0.344 e. The van der Waals surface area contributed by atoms with Gasteiger partial charge in [0, 0.05) is 6.92 Å². The lowest BCUT2D eigenvalue weighted by atomic mass is 10.1.